The average Bonchev–Trinajstić information content (AvgIpc) is 2.63. The maximum absolute atomic E-state index is 12.3. The second kappa shape index (κ2) is 9.99. The van der Waals surface area contributed by atoms with Gasteiger partial charge in [0.05, 0.1) is 16.8 Å². The van der Waals surface area contributed by atoms with Crippen LogP contribution in [-0.2, 0) is 10.2 Å². The number of rotatable bonds is 13. The van der Waals surface area contributed by atoms with E-state index in [9.17, 15) is 30.1 Å². The molecule has 0 heterocycles. The minimum atomic E-state index is -2.87. The molecular formula is C19H28N2O6. The lowest BCUT2D eigenvalue weighted by molar-refractivity contribution is -0.802. The van der Waals surface area contributed by atoms with E-state index in [2.05, 4.69) is 6.92 Å². The largest absolute Gasteiger partial charge is 0.480 e. The molecule has 0 fully saturated rings. The van der Waals surface area contributed by atoms with E-state index in [1.54, 1.807) is 6.07 Å². The third-order valence-corrected chi connectivity index (χ3v) is 5.31. The molecule has 1 rings (SSSR count). The first-order chi connectivity index (χ1) is 12.7. The summed E-state index contributed by atoms with van der Waals surface area (Å²) in [6, 6.07) is 7.55. The molecule has 0 bridgehead atoms. The number of hydrogen-bond acceptors (Lipinski definition) is 5. The van der Waals surface area contributed by atoms with Crippen LogP contribution in [0, 0.1) is 20.2 Å². The Balaban J connectivity index is 3.21. The molecule has 1 unspecified atom stereocenters. The number of nitrogens with zero attached hydrogens (tertiary/aromatic N) is 2. The van der Waals surface area contributed by atoms with Crippen molar-refractivity contribution < 1.29 is 19.7 Å². The first-order valence-electron chi connectivity index (χ1n) is 9.33. The summed E-state index contributed by atoms with van der Waals surface area (Å²) in [5.74, 6) is -1.55. The zero-order chi connectivity index (χ0) is 20.5. The van der Waals surface area contributed by atoms with Crippen molar-refractivity contribution in [1.29, 1.82) is 0 Å². The molecule has 0 saturated carbocycles. The fourth-order valence-corrected chi connectivity index (χ4v) is 3.54. The van der Waals surface area contributed by atoms with Crippen LogP contribution in [0.1, 0.15) is 70.8 Å². The monoisotopic (exact) mass is 380 g/mol. The fraction of sp³-hybridized carbons (Fsp3) is 0.632. The Kier molecular flexibility index (Phi) is 8.33. The summed E-state index contributed by atoms with van der Waals surface area (Å²) in [7, 11) is 0. The second-order valence-electron chi connectivity index (χ2n) is 6.98. The Bertz CT molecular complexity index is 635. The topological polar surface area (TPSA) is 124 Å². The molecule has 0 saturated heterocycles. The third kappa shape index (κ3) is 4.61. The summed E-state index contributed by atoms with van der Waals surface area (Å²) >= 11 is 0. The minimum Gasteiger partial charge on any atom is -0.480 e. The van der Waals surface area contributed by atoms with E-state index in [4.69, 9.17) is 0 Å². The van der Waals surface area contributed by atoms with E-state index in [-0.39, 0.29) is 12.0 Å². The van der Waals surface area contributed by atoms with Gasteiger partial charge in [0.1, 0.15) is 0 Å². The maximum Gasteiger partial charge on any atom is 0.475 e. The van der Waals surface area contributed by atoms with Crippen molar-refractivity contribution in [3.8, 4) is 0 Å². The molecule has 1 atom stereocenters. The summed E-state index contributed by atoms with van der Waals surface area (Å²) in [4.78, 5) is 33.5. The van der Waals surface area contributed by atoms with Crippen molar-refractivity contribution >= 4 is 5.97 Å². The van der Waals surface area contributed by atoms with Crippen LogP contribution in [0.5, 0.6) is 0 Å². The molecule has 0 radical (unpaired) electrons. The second-order valence-corrected chi connectivity index (χ2v) is 6.98. The van der Waals surface area contributed by atoms with Crippen LogP contribution in [0.25, 0.3) is 0 Å². The van der Waals surface area contributed by atoms with Gasteiger partial charge >= 0.3 is 11.6 Å². The van der Waals surface area contributed by atoms with Crippen molar-refractivity contribution in [2.45, 2.75) is 76.3 Å². The zero-order valence-corrected chi connectivity index (χ0v) is 15.9. The van der Waals surface area contributed by atoms with E-state index in [0.29, 0.717) is 12.8 Å². The molecule has 0 aliphatic rings. The third-order valence-electron chi connectivity index (χ3n) is 5.31. The fourth-order valence-electron chi connectivity index (χ4n) is 3.54. The molecular weight excluding hydrogens is 352 g/mol. The zero-order valence-electron chi connectivity index (χ0n) is 15.9. The predicted octanol–water partition coefficient (Wildman–Crippen LogP) is 4.42. The van der Waals surface area contributed by atoms with Crippen LogP contribution in [0.3, 0.4) is 0 Å². The normalized spacial score (nSPS) is 13.7. The molecule has 27 heavy (non-hydrogen) atoms. The van der Waals surface area contributed by atoms with E-state index < -0.39 is 26.9 Å². The molecule has 8 nitrogen and oxygen atoms in total. The van der Waals surface area contributed by atoms with Gasteiger partial charge in [-0.25, -0.2) is 0 Å². The standard InChI is InChI=1S/C19H28N2O6/c1-3-4-5-6-7-8-12-15-19(17(22)23,16-13-10-9-11-14-16)18(2,20(24)25)21(26)27/h9-11,13-14H,3-8,12,15H2,1-2H3,(H,22,23). The molecule has 0 spiro atoms. The van der Waals surface area contributed by atoms with Gasteiger partial charge in [0.2, 0.25) is 5.41 Å². The van der Waals surface area contributed by atoms with Gasteiger partial charge < -0.3 is 5.11 Å². The van der Waals surface area contributed by atoms with Crippen LogP contribution < -0.4 is 0 Å². The number of carboxylic acid groups (broad SMARTS) is 1. The molecule has 0 aliphatic carbocycles. The van der Waals surface area contributed by atoms with Crippen molar-refractivity contribution in [3.05, 3.63) is 56.1 Å². The number of carbonyl (C=O) groups is 1. The van der Waals surface area contributed by atoms with E-state index >= 15 is 0 Å². The highest BCUT2D eigenvalue weighted by atomic mass is 16.7. The first-order valence-corrected chi connectivity index (χ1v) is 9.33. The molecule has 150 valence electrons. The van der Waals surface area contributed by atoms with E-state index in [0.717, 1.165) is 39.0 Å². The van der Waals surface area contributed by atoms with Gasteiger partial charge in [0, 0.05) is 0 Å². The number of nitro groups is 2. The van der Waals surface area contributed by atoms with Crippen LogP contribution in [0.15, 0.2) is 30.3 Å². The van der Waals surface area contributed by atoms with Gasteiger partial charge in [-0.05, 0) is 12.0 Å². The predicted molar refractivity (Wildman–Crippen MR) is 101 cm³/mol. The molecule has 8 heteroatoms. The summed E-state index contributed by atoms with van der Waals surface area (Å²) in [5, 5.41) is 33.4. The van der Waals surface area contributed by atoms with Crippen molar-refractivity contribution in [3.63, 3.8) is 0 Å². The van der Waals surface area contributed by atoms with Crippen LogP contribution in [0.4, 0.5) is 0 Å². The number of carboxylic acids is 1. The molecule has 1 aromatic rings. The average molecular weight is 380 g/mol. The quantitative estimate of drug-likeness (QED) is 0.234. The Morgan fingerprint density at radius 3 is 1.89 bits per heavy atom. The Hall–Kier alpha value is -2.51. The van der Waals surface area contributed by atoms with Gasteiger partial charge in [-0.15, -0.1) is 0 Å². The van der Waals surface area contributed by atoms with Gasteiger partial charge in [-0.3, -0.25) is 25.0 Å². The van der Waals surface area contributed by atoms with Gasteiger partial charge in [0.15, 0.2) is 0 Å². The van der Waals surface area contributed by atoms with E-state index in [1.165, 1.54) is 24.3 Å². The van der Waals surface area contributed by atoms with Gasteiger partial charge in [-0.1, -0.05) is 82.2 Å². The molecule has 0 aliphatic heterocycles. The lowest BCUT2D eigenvalue weighted by atomic mass is 9.67. The highest BCUT2D eigenvalue weighted by Gasteiger charge is 2.73. The SMILES string of the molecule is CCCCCCCCCC(C(=O)O)(c1ccccc1)C(C)([N+](=O)[O-])[N+](=O)[O-]. The highest BCUT2D eigenvalue weighted by Crippen LogP contribution is 2.43. The number of hydrogen-bond donors (Lipinski definition) is 1. The van der Waals surface area contributed by atoms with Gasteiger partial charge in [0.25, 0.3) is 0 Å². The first kappa shape index (κ1) is 22.5. The van der Waals surface area contributed by atoms with Crippen molar-refractivity contribution in [1.82, 2.24) is 0 Å². The maximum atomic E-state index is 12.3. The smallest absolute Gasteiger partial charge is 0.475 e. The Labute approximate surface area is 158 Å². The molecule has 0 amide bonds. The Morgan fingerprint density at radius 1 is 0.963 bits per heavy atom. The number of benzene rings is 1. The van der Waals surface area contributed by atoms with Crippen LogP contribution >= 0.6 is 0 Å². The molecule has 0 aromatic heterocycles. The van der Waals surface area contributed by atoms with Crippen LogP contribution in [-0.4, -0.2) is 26.6 Å². The molecule has 1 N–H and O–H groups in total. The lowest BCUT2D eigenvalue weighted by Gasteiger charge is -2.33. The van der Waals surface area contributed by atoms with Crippen LogP contribution in [0.2, 0.25) is 0 Å². The minimum absolute atomic E-state index is 0.0828. The highest BCUT2D eigenvalue weighted by molar-refractivity contribution is 5.82. The summed E-state index contributed by atoms with van der Waals surface area (Å²) in [5.41, 5.74) is -5.04. The molecule has 1 aromatic carbocycles. The lowest BCUT2D eigenvalue weighted by Crippen LogP contribution is -2.63. The summed E-state index contributed by atoms with van der Waals surface area (Å²) < 4.78 is 0. The van der Waals surface area contributed by atoms with Crippen molar-refractivity contribution in [2.24, 2.45) is 0 Å². The summed E-state index contributed by atoms with van der Waals surface area (Å²) in [6.07, 6.45) is 6.07. The van der Waals surface area contributed by atoms with E-state index in [1.807, 2.05) is 0 Å². The summed E-state index contributed by atoms with van der Waals surface area (Å²) in [6.45, 7) is 2.91. The number of aliphatic carboxylic acids is 1. The number of unbranched alkanes of at least 4 members (excludes halogenated alkanes) is 6. The van der Waals surface area contributed by atoms with Gasteiger partial charge in [-0.2, -0.15) is 0 Å². The van der Waals surface area contributed by atoms with Crippen molar-refractivity contribution in [2.75, 3.05) is 0 Å². The Morgan fingerprint density at radius 2 is 1.44 bits per heavy atom.